The number of hydrogen-bond acceptors (Lipinski definition) is 5. The lowest BCUT2D eigenvalue weighted by Gasteiger charge is -2.38. The summed E-state index contributed by atoms with van der Waals surface area (Å²) >= 11 is 12.2. The van der Waals surface area contributed by atoms with Crippen LogP contribution in [-0.4, -0.2) is 72.7 Å². The van der Waals surface area contributed by atoms with E-state index in [0.717, 1.165) is 5.69 Å². The number of piperazine rings is 1. The molecule has 2 aliphatic rings. The molecule has 0 bridgehead atoms. The topological polar surface area (TPSA) is 65.5 Å². The van der Waals surface area contributed by atoms with Gasteiger partial charge in [0, 0.05) is 43.9 Å². The molecule has 2 saturated heterocycles. The number of oxime groups is 1. The molecule has 9 heteroatoms. The number of nitrogens with zero attached hydrogens (tertiary/aromatic N) is 4. The Labute approximate surface area is 203 Å². The van der Waals surface area contributed by atoms with E-state index in [2.05, 4.69) is 10.1 Å². The second-order valence-electron chi connectivity index (χ2n) is 8.01. The Hall–Kier alpha value is -2.77. The Bertz CT molecular complexity index is 1040. The minimum atomic E-state index is -0.589. The molecule has 2 amide bonds. The Balaban J connectivity index is 1.46. The van der Waals surface area contributed by atoms with Crippen molar-refractivity contribution in [3.05, 3.63) is 64.1 Å². The molecule has 2 fully saturated rings. The quantitative estimate of drug-likeness (QED) is 0.597. The first-order valence-corrected chi connectivity index (χ1v) is 11.8. The van der Waals surface area contributed by atoms with Crippen molar-refractivity contribution in [2.24, 2.45) is 5.16 Å². The molecular weight excluding hydrogens is 463 g/mol. The smallest absolute Gasteiger partial charge is 0.254 e. The number of anilines is 1. The van der Waals surface area contributed by atoms with Gasteiger partial charge in [0.1, 0.15) is 12.6 Å². The average molecular weight is 489 g/mol. The lowest BCUT2D eigenvalue weighted by molar-refractivity contribution is -0.135. The molecule has 174 valence electrons. The van der Waals surface area contributed by atoms with Crippen LogP contribution in [0.25, 0.3) is 0 Å². The molecule has 2 aromatic carbocycles. The monoisotopic (exact) mass is 488 g/mol. The molecular formula is C24H26Cl2N4O3. The summed E-state index contributed by atoms with van der Waals surface area (Å²) in [5.74, 6) is -0.236. The number of carbonyl (C=O) groups is 2. The van der Waals surface area contributed by atoms with Crippen molar-refractivity contribution in [3.63, 3.8) is 0 Å². The predicted molar refractivity (Wildman–Crippen MR) is 130 cm³/mol. The van der Waals surface area contributed by atoms with Crippen molar-refractivity contribution in [2.45, 2.75) is 19.4 Å². The van der Waals surface area contributed by atoms with Gasteiger partial charge in [-0.25, -0.2) is 0 Å². The molecule has 2 aromatic rings. The standard InChI is InChI=1S/C24H26Cl2N4O3/c1-2-33-27-18-14-22(30(16-18)23(31)17-6-4-3-5-7-17)24(32)29-12-10-28(11-13-29)19-8-9-20(25)21(26)15-19/h3-9,15,22H,2,10-14,16H2,1H3. The number of rotatable bonds is 5. The third-order valence-electron chi connectivity index (χ3n) is 5.91. The number of carbonyl (C=O) groups excluding carboxylic acids is 2. The lowest BCUT2D eigenvalue weighted by Crippen LogP contribution is -2.54. The molecule has 1 unspecified atom stereocenters. The van der Waals surface area contributed by atoms with E-state index in [1.54, 1.807) is 23.1 Å². The molecule has 4 rings (SSSR count). The van der Waals surface area contributed by atoms with E-state index < -0.39 is 6.04 Å². The molecule has 2 heterocycles. The van der Waals surface area contributed by atoms with Crippen LogP contribution in [0.15, 0.2) is 53.7 Å². The van der Waals surface area contributed by atoms with Gasteiger partial charge in [0.2, 0.25) is 5.91 Å². The minimum absolute atomic E-state index is 0.0604. The molecule has 0 aromatic heterocycles. The van der Waals surface area contributed by atoms with Crippen LogP contribution in [0.4, 0.5) is 5.69 Å². The molecule has 2 aliphatic heterocycles. The molecule has 1 atom stereocenters. The first-order chi connectivity index (χ1) is 16.0. The first-order valence-electron chi connectivity index (χ1n) is 11.0. The van der Waals surface area contributed by atoms with Crippen molar-refractivity contribution in [2.75, 3.05) is 44.2 Å². The van der Waals surface area contributed by atoms with Crippen LogP contribution >= 0.6 is 23.2 Å². The van der Waals surface area contributed by atoms with E-state index in [-0.39, 0.29) is 18.4 Å². The summed E-state index contributed by atoms with van der Waals surface area (Å²) in [5, 5.41) is 5.16. The van der Waals surface area contributed by atoms with Gasteiger partial charge in [0.15, 0.2) is 0 Å². The fraction of sp³-hybridized carbons (Fsp3) is 0.375. The van der Waals surface area contributed by atoms with Crippen molar-refractivity contribution in [1.82, 2.24) is 9.80 Å². The summed E-state index contributed by atoms with van der Waals surface area (Å²) in [4.78, 5) is 37.5. The average Bonchev–Trinajstić information content (AvgIpc) is 3.28. The van der Waals surface area contributed by atoms with E-state index in [1.807, 2.05) is 42.2 Å². The zero-order valence-electron chi connectivity index (χ0n) is 18.4. The molecule has 33 heavy (non-hydrogen) atoms. The molecule has 0 aliphatic carbocycles. The minimum Gasteiger partial charge on any atom is -0.396 e. The van der Waals surface area contributed by atoms with Gasteiger partial charge in [-0.1, -0.05) is 46.6 Å². The molecule has 0 radical (unpaired) electrons. The molecule has 0 spiro atoms. The summed E-state index contributed by atoms with van der Waals surface area (Å²) in [5.41, 5.74) is 2.23. The Morgan fingerprint density at radius 3 is 2.42 bits per heavy atom. The normalized spacial score (nSPS) is 19.8. The predicted octanol–water partition coefficient (Wildman–Crippen LogP) is 3.95. The zero-order chi connectivity index (χ0) is 23.4. The fourth-order valence-electron chi connectivity index (χ4n) is 4.18. The van der Waals surface area contributed by atoms with E-state index in [9.17, 15) is 9.59 Å². The zero-order valence-corrected chi connectivity index (χ0v) is 19.9. The van der Waals surface area contributed by atoms with Crippen LogP contribution in [0.1, 0.15) is 23.7 Å². The van der Waals surface area contributed by atoms with Crippen LogP contribution < -0.4 is 4.90 Å². The number of benzene rings is 2. The van der Waals surface area contributed by atoms with Crippen LogP contribution in [0.5, 0.6) is 0 Å². The highest BCUT2D eigenvalue weighted by atomic mass is 35.5. The summed E-state index contributed by atoms with van der Waals surface area (Å²) in [6.45, 7) is 5.02. The Kier molecular flexibility index (Phi) is 7.40. The van der Waals surface area contributed by atoms with E-state index in [0.29, 0.717) is 60.5 Å². The van der Waals surface area contributed by atoms with Crippen LogP contribution in [-0.2, 0) is 9.63 Å². The van der Waals surface area contributed by atoms with E-state index >= 15 is 0 Å². The third-order valence-corrected chi connectivity index (χ3v) is 6.65. The highest BCUT2D eigenvalue weighted by molar-refractivity contribution is 6.42. The van der Waals surface area contributed by atoms with Gasteiger partial charge in [-0.2, -0.15) is 0 Å². The second-order valence-corrected chi connectivity index (χ2v) is 8.82. The van der Waals surface area contributed by atoms with Crippen molar-refractivity contribution >= 4 is 46.4 Å². The van der Waals surface area contributed by atoms with Gasteiger partial charge in [-0.15, -0.1) is 0 Å². The molecule has 0 saturated carbocycles. The first kappa shape index (κ1) is 23.4. The summed E-state index contributed by atoms with van der Waals surface area (Å²) in [6, 6.07) is 14.0. The van der Waals surface area contributed by atoms with Crippen LogP contribution in [0.2, 0.25) is 10.0 Å². The number of hydrogen-bond donors (Lipinski definition) is 0. The van der Waals surface area contributed by atoms with Gasteiger partial charge < -0.3 is 19.5 Å². The maximum atomic E-state index is 13.5. The number of amides is 2. The second kappa shape index (κ2) is 10.4. The Morgan fingerprint density at radius 2 is 1.76 bits per heavy atom. The van der Waals surface area contributed by atoms with Gasteiger partial charge in [0.05, 0.1) is 22.3 Å². The summed E-state index contributed by atoms with van der Waals surface area (Å²) in [7, 11) is 0. The number of halogens is 2. The lowest BCUT2D eigenvalue weighted by atomic mass is 10.1. The van der Waals surface area contributed by atoms with Gasteiger partial charge in [0.25, 0.3) is 5.91 Å². The highest BCUT2D eigenvalue weighted by Gasteiger charge is 2.41. The fourth-order valence-corrected chi connectivity index (χ4v) is 4.48. The molecule has 7 nitrogen and oxygen atoms in total. The summed E-state index contributed by atoms with van der Waals surface area (Å²) in [6.07, 6.45) is 0.379. The van der Waals surface area contributed by atoms with Crippen LogP contribution in [0, 0.1) is 0 Å². The Morgan fingerprint density at radius 1 is 1.03 bits per heavy atom. The number of likely N-dealkylation sites (tertiary alicyclic amines) is 1. The van der Waals surface area contributed by atoms with Crippen molar-refractivity contribution in [3.8, 4) is 0 Å². The van der Waals surface area contributed by atoms with Crippen molar-refractivity contribution in [1.29, 1.82) is 0 Å². The van der Waals surface area contributed by atoms with E-state index in [4.69, 9.17) is 28.0 Å². The highest BCUT2D eigenvalue weighted by Crippen LogP contribution is 2.28. The van der Waals surface area contributed by atoms with Gasteiger partial charge in [-0.3, -0.25) is 9.59 Å². The summed E-state index contributed by atoms with van der Waals surface area (Å²) < 4.78 is 0. The van der Waals surface area contributed by atoms with E-state index in [1.165, 1.54) is 0 Å². The largest absolute Gasteiger partial charge is 0.396 e. The maximum absolute atomic E-state index is 13.5. The van der Waals surface area contributed by atoms with Crippen LogP contribution in [0.3, 0.4) is 0 Å². The van der Waals surface area contributed by atoms with Gasteiger partial charge in [-0.05, 0) is 37.3 Å². The van der Waals surface area contributed by atoms with Crippen molar-refractivity contribution < 1.29 is 14.4 Å². The van der Waals surface area contributed by atoms with Gasteiger partial charge >= 0.3 is 0 Å². The SMILES string of the molecule is CCON=C1CC(C(=O)N2CCN(c3ccc(Cl)c(Cl)c3)CC2)N(C(=O)c2ccccc2)C1. The third kappa shape index (κ3) is 5.25. The maximum Gasteiger partial charge on any atom is 0.254 e. The molecule has 0 N–H and O–H groups in total.